The molecule has 3 nitrogen and oxygen atoms in total. The number of carbonyl (C=O) groups is 2. The lowest BCUT2D eigenvalue weighted by Gasteiger charge is -2.22. The van der Waals surface area contributed by atoms with Gasteiger partial charge in [-0.05, 0) is 76.5 Å². The van der Waals surface area contributed by atoms with E-state index in [0.29, 0.717) is 31.0 Å². The summed E-state index contributed by atoms with van der Waals surface area (Å²) in [5.74, 6) is 0.855. The van der Waals surface area contributed by atoms with E-state index in [0.717, 1.165) is 44.1 Å². The van der Waals surface area contributed by atoms with E-state index in [4.69, 9.17) is 0 Å². The second-order valence-corrected chi connectivity index (χ2v) is 9.38. The highest BCUT2D eigenvalue weighted by Crippen LogP contribution is 2.27. The minimum absolute atomic E-state index is 0.293. The Morgan fingerprint density at radius 3 is 2.50 bits per heavy atom. The minimum Gasteiger partial charge on any atom is -0.303 e. The summed E-state index contributed by atoms with van der Waals surface area (Å²) in [5, 5.41) is 0. The standard InChI is InChI=1S/C27H41NO2/c1-22(12-9-14-24(3)21-25-15-6-7-19-28-25)11-8-13-23(2)16-17-26(30)27(4,5)18-10-20-29/h6-7,12,15,19-21,23H,8-11,13-14,16-18H2,1-5H3. The normalized spacial score (nSPS) is 13.9. The number of ketones is 1. The molecular formula is C27H41NO2. The first-order chi connectivity index (χ1) is 14.2. The lowest BCUT2D eigenvalue weighted by Crippen LogP contribution is -2.24. The summed E-state index contributed by atoms with van der Waals surface area (Å²) in [4.78, 5) is 27.3. The smallest absolute Gasteiger partial charge is 0.138 e. The fourth-order valence-corrected chi connectivity index (χ4v) is 3.58. The van der Waals surface area contributed by atoms with Gasteiger partial charge in [-0.15, -0.1) is 0 Å². The van der Waals surface area contributed by atoms with E-state index in [1.807, 2.05) is 38.2 Å². The molecule has 0 radical (unpaired) electrons. The van der Waals surface area contributed by atoms with E-state index < -0.39 is 0 Å². The van der Waals surface area contributed by atoms with Gasteiger partial charge in [0.05, 0.1) is 5.69 Å². The highest BCUT2D eigenvalue weighted by molar-refractivity contribution is 5.84. The molecule has 1 rings (SSSR count). The summed E-state index contributed by atoms with van der Waals surface area (Å²) in [7, 11) is 0. The number of hydrogen-bond acceptors (Lipinski definition) is 3. The molecule has 0 aliphatic carbocycles. The molecule has 1 atom stereocenters. The Labute approximate surface area is 184 Å². The predicted molar refractivity (Wildman–Crippen MR) is 127 cm³/mol. The Kier molecular flexibility index (Phi) is 12.2. The number of allylic oxidation sites excluding steroid dienone is 3. The zero-order valence-electron chi connectivity index (χ0n) is 19.7. The summed E-state index contributed by atoms with van der Waals surface area (Å²) in [6, 6.07) is 5.99. The van der Waals surface area contributed by atoms with Gasteiger partial charge in [-0.25, -0.2) is 0 Å². The van der Waals surface area contributed by atoms with Crippen molar-refractivity contribution in [3.05, 3.63) is 47.3 Å². The molecule has 3 heteroatoms. The maximum absolute atomic E-state index is 12.4. The second-order valence-electron chi connectivity index (χ2n) is 9.38. The molecule has 0 bridgehead atoms. The third-order valence-corrected chi connectivity index (χ3v) is 5.89. The largest absolute Gasteiger partial charge is 0.303 e. The molecule has 0 aliphatic rings. The molecule has 0 fully saturated rings. The van der Waals surface area contributed by atoms with Crippen LogP contribution in [0.5, 0.6) is 0 Å². The van der Waals surface area contributed by atoms with Crippen LogP contribution in [0.3, 0.4) is 0 Å². The van der Waals surface area contributed by atoms with Crippen LogP contribution < -0.4 is 0 Å². The van der Waals surface area contributed by atoms with Crippen LogP contribution in [0.2, 0.25) is 0 Å². The van der Waals surface area contributed by atoms with Crippen LogP contribution in [0.4, 0.5) is 0 Å². The summed E-state index contributed by atoms with van der Waals surface area (Å²) in [6.45, 7) is 10.6. The highest BCUT2D eigenvalue weighted by atomic mass is 16.1. The third kappa shape index (κ3) is 11.2. The molecule has 0 aromatic carbocycles. The van der Waals surface area contributed by atoms with Gasteiger partial charge in [-0.1, -0.05) is 50.5 Å². The Hall–Kier alpha value is -2.03. The van der Waals surface area contributed by atoms with Gasteiger partial charge in [0.1, 0.15) is 12.1 Å². The number of aldehydes is 1. The summed E-state index contributed by atoms with van der Waals surface area (Å²) in [5.41, 5.74) is 3.46. The van der Waals surface area contributed by atoms with Crippen LogP contribution >= 0.6 is 0 Å². The number of nitrogens with zero attached hydrogens (tertiary/aromatic N) is 1. The molecule has 0 saturated heterocycles. The number of hydrogen-bond donors (Lipinski definition) is 0. The first-order valence-electron chi connectivity index (χ1n) is 11.5. The number of aromatic nitrogens is 1. The van der Waals surface area contributed by atoms with Gasteiger partial charge < -0.3 is 4.79 Å². The zero-order valence-corrected chi connectivity index (χ0v) is 19.7. The van der Waals surface area contributed by atoms with Crippen molar-refractivity contribution in [1.82, 2.24) is 4.98 Å². The van der Waals surface area contributed by atoms with Crippen LogP contribution in [0.25, 0.3) is 6.08 Å². The minimum atomic E-state index is -0.372. The van der Waals surface area contributed by atoms with E-state index in [2.05, 4.69) is 37.9 Å². The van der Waals surface area contributed by atoms with Crippen LogP contribution in [0.1, 0.15) is 98.1 Å². The van der Waals surface area contributed by atoms with Crippen molar-refractivity contribution in [2.45, 2.75) is 92.4 Å². The maximum Gasteiger partial charge on any atom is 0.138 e. The van der Waals surface area contributed by atoms with Gasteiger partial charge in [0.25, 0.3) is 0 Å². The van der Waals surface area contributed by atoms with Crippen LogP contribution in [-0.4, -0.2) is 17.1 Å². The number of Topliss-reactive ketones (excluding diaryl/α,β-unsaturated/α-hetero) is 1. The molecule has 30 heavy (non-hydrogen) atoms. The summed E-state index contributed by atoms with van der Waals surface area (Å²) >= 11 is 0. The lowest BCUT2D eigenvalue weighted by molar-refractivity contribution is -0.127. The molecule has 1 heterocycles. The van der Waals surface area contributed by atoms with E-state index in [1.165, 1.54) is 17.6 Å². The first kappa shape index (κ1) is 26.0. The Morgan fingerprint density at radius 2 is 1.83 bits per heavy atom. The topological polar surface area (TPSA) is 47.0 Å². The molecule has 0 aliphatic heterocycles. The van der Waals surface area contributed by atoms with Gasteiger partial charge in [0, 0.05) is 24.5 Å². The number of carbonyl (C=O) groups excluding carboxylic acids is 2. The molecule has 166 valence electrons. The van der Waals surface area contributed by atoms with Crippen molar-refractivity contribution in [1.29, 1.82) is 0 Å². The van der Waals surface area contributed by atoms with Crippen molar-refractivity contribution >= 4 is 18.1 Å². The highest BCUT2D eigenvalue weighted by Gasteiger charge is 2.26. The van der Waals surface area contributed by atoms with Crippen molar-refractivity contribution in [2.75, 3.05) is 0 Å². The van der Waals surface area contributed by atoms with E-state index in [1.54, 1.807) is 0 Å². The van der Waals surface area contributed by atoms with Crippen LogP contribution in [0, 0.1) is 11.3 Å². The van der Waals surface area contributed by atoms with Crippen molar-refractivity contribution in [3.8, 4) is 0 Å². The van der Waals surface area contributed by atoms with Crippen molar-refractivity contribution < 1.29 is 9.59 Å². The van der Waals surface area contributed by atoms with E-state index in [9.17, 15) is 9.59 Å². The average Bonchev–Trinajstić information content (AvgIpc) is 2.71. The quantitative estimate of drug-likeness (QED) is 0.223. The van der Waals surface area contributed by atoms with Gasteiger partial charge in [-0.2, -0.15) is 0 Å². The maximum atomic E-state index is 12.4. The molecule has 0 spiro atoms. The molecular weight excluding hydrogens is 370 g/mol. The van der Waals surface area contributed by atoms with Gasteiger partial charge in [0.15, 0.2) is 0 Å². The molecule has 0 amide bonds. The molecule has 1 aromatic heterocycles. The molecule has 0 N–H and O–H groups in total. The van der Waals surface area contributed by atoms with E-state index in [-0.39, 0.29) is 5.41 Å². The van der Waals surface area contributed by atoms with Crippen LogP contribution in [0.15, 0.2) is 41.6 Å². The second kappa shape index (κ2) is 14.1. The average molecular weight is 412 g/mol. The third-order valence-electron chi connectivity index (χ3n) is 5.89. The zero-order chi connectivity index (χ0) is 22.4. The summed E-state index contributed by atoms with van der Waals surface area (Å²) < 4.78 is 0. The molecule has 1 aromatic rings. The number of pyridine rings is 1. The molecule has 0 saturated carbocycles. The Morgan fingerprint density at radius 1 is 1.07 bits per heavy atom. The van der Waals surface area contributed by atoms with Crippen molar-refractivity contribution in [3.63, 3.8) is 0 Å². The fourth-order valence-electron chi connectivity index (χ4n) is 3.58. The molecule has 1 unspecified atom stereocenters. The lowest BCUT2D eigenvalue weighted by atomic mass is 9.80. The first-order valence-corrected chi connectivity index (χ1v) is 11.5. The Balaban J connectivity index is 2.24. The predicted octanol–water partition coefficient (Wildman–Crippen LogP) is 7.37. The van der Waals surface area contributed by atoms with Gasteiger partial charge in [0.2, 0.25) is 0 Å². The van der Waals surface area contributed by atoms with Crippen molar-refractivity contribution in [2.24, 2.45) is 11.3 Å². The fraction of sp³-hybridized carbons (Fsp3) is 0.593. The van der Waals surface area contributed by atoms with E-state index >= 15 is 0 Å². The van der Waals surface area contributed by atoms with Crippen LogP contribution in [-0.2, 0) is 9.59 Å². The Bertz CT molecular complexity index is 701. The van der Waals surface area contributed by atoms with Gasteiger partial charge >= 0.3 is 0 Å². The SMILES string of the molecule is CC(=Cc1ccccn1)CCC=C(C)CCCC(C)CCC(=O)C(C)(C)CCC=O. The monoisotopic (exact) mass is 411 g/mol. The van der Waals surface area contributed by atoms with Gasteiger partial charge in [-0.3, -0.25) is 9.78 Å². The summed E-state index contributed by atoms with van der Waals surface area (Å²) in [6.07, 6.45) is 15.6. The number of rotatable bonds is 15.